The summed E-state index contributed by atoms with van der Waals surface area (Å²) >= 11 is 0. The van der Waals surface area contributed by atoms with E-state index in [0.717, 1.165) is 18.9 Å². The van der Waals surface area contributed by atoms with Crippen LogP contribution in [0, 0.1) is 11.6 Å². The second-order valence-corrected chi connectivity index (χ2v) is 5.31. The largest absolute Gasteiger partial charge is 0.472 e. The third-order valence-corrected chi connectivity index (χ3v) is 3.67. The van der Waals surface area contributed by atoms with E-state index in [1.165, 1.54) is 17.3 Å². The maximum atomic E-state index is 13.8. The van der Waals surface area contributed by atoms with E-state index in [9.17, 15) is 13.6 Å². The molecular formula is C16H15F2N3O2. The van der Waals surface area contributed by atoms with Crippen molar-refractivity contribution < 1.29 is 18.3 Å². The maximum absolute atomic E-state index is 13.8. The summed E-state index contributed by atoms with van der Waals surface area (Å²) in [6.45, 7) is 0.846. The van der Waals surface area contributed by atoms with Crippen LogP contribution < -0.4 is 4.74 Å². The number of rotatable bonds is 3. The molecule has 1 aliphatic heterocycles. The quantitative estimate of drug-likeness (QED) is 0.872. The van der Waals surface area contributed by atoms with Crippen molar-refractivity contribution in [3.63, 3.8) is 0 Å². The summed E-state index contributed by atoms with van der Waals surface area (Å²) in [6, 6.07) is 4.60. The highest BCUT2D eigenvalue weighted by Crippen LogP contribution is 2.19. The van der Waals surface area contributed by atoms with Gasteiger partial charge in [-0.3, -0.25) is 4.79 Å². The summed E-state index contributed by atoms with van der Waals surface area (Å²) in [5.41, 5.74) is -0.130. The molecule has 2 aromatic rings. The molecule has 1 atom stereocenters. The van der Waals surface area contributed by atoms with Crippen LogP contribution in [0.2, 0.25) is 0 Å². The van der Waals surface area contributed by atoms with Gasteiger partial charge in [-0.15, -0.1) is 0 Å². The fourth-order valence-electron chi connectivity index (χ4n) is 2.57. The summed E-state index contributed by atoms with van der Waals surface area (Å²) in [7, 11) is 0. The molecule has 0 radical (unpaired) electrons. The highest BCUT2D eigenvalue weighted by Gasteiger charge is 2.27. The number of halogens is 2. The van der Waals surface area contributed by atoms with Crippen molar-refractivity contribution in [2.45, 2.75) is 18.9 Å². The van der Waals surface area contributed by atoms with E-state index >= 15 is 0 Å². The molecule has 1 saturated heterocycles. The van der Waals surface area contributed by atoms with Crippen LogP contribution in [-0.4, -0.2) is 40.0 Å². The van der Waals surface area contributed by atoms with E-state index in [2.05, 4.69) is 9.97 Å². The number of likely N-dealkylation sites (tertiary alicyclic amines) is 1. The lowest BCUT2D eigenvalue weighted by Gasteiger charge is -2.32. The van der Waals surface area contributed by atoms with Gasteiger partial charge in [0.1, 0.15) is 24.1 Å². The lowest BCUT2D eigenvalue weighted by atomic mass is 10.1. The lowest BCUT2D eigenvalue weighted by molar-refractivity contribution is 0.0523. The molecule has 1 fully saturated rings. The Morgan fingerprint density at radius 1 is 1.30 bits per heavy atom. The molecule has 7 heteroatoms. The number of piperidine rings is 1. The number of aromatic nitrogens is 2. The van der Waals surface area contributed by atoms with E-state index in [4.69, 9.17) is 4.74 Å². The van der Waals surface area contributed by atoms with Crippen LogP contribution in [-0.2, 0) is 0 Å². The Balaban J connectivity index is 1.69. The van der Waals surface area contributed by atoms with Crippen LogP contribution in [0.15, 0.2) is 36.8 Å². The van der Waals surface area contributed by atoms with Gasteiger partial charge >= 0.3 is 0 Å². The van der Waals surface area contributed by atoms with Gasteiger partial charge in [0, 0.05) is 24.9 Å². The average molecular weight is 319 g/mol. The van der Waals surface area contributed by atoms with Gasteiger partial charge in [-0.05, 0) is 25.0 Å². The minimum Gasteiger partial charge on any atom is -0.472 e. The first-order valence-corrected chi connectivity index (χ1v) is 7.30. The summed E-state index contributed by atoms with van der Waals surface area (Å²) in [5.74, 6) is -1.58. The second-order valence-electron chi connectivity index (χ2n) is 5.31. The zero-order chi connectivity index (χ0) is 16.2. The number of hydrogen-bond acceptors (Lipinski definition) is 4. The SMILES string of the molecule is O=C(c1ccc(F)cc1F)N1CCC[C@@H](Oc2ccncn2)C1. The molecule has 1 aromatic heterocycles. The number of nitrogens with zero attached hydrogens (tertiary/aromatic N) is 3. The molecule has 1 aromatic carbocycles. The third kappa shape index (κ3) is 3.61. The Morgan fingerprint density at radius 3 is 2.91 bits per heavy atom. The molecule has 5 nitrogen and oxygen atoms in total. The zero-order valence-electron chi connectivity index (χ0n) is 12.3. The minimum atomic E-state index is -0.853. The molecule has 120 valence electrons. The molecule has 0 aliphatic carbocycles. The Morgan fingerprint density at radius 2 is 2.17 bits per heavy atom. The molecule has 3 rings (SSSR count). The summed E-state index contributed by atoms with van der Waals surface area (Å²) in [4.78, 5) is 21.7. The lowest BCUT2D eigenvalue weighted by Crippen LogP contribution is -2.44. The van der Waals surface area contributed by atoms with Crippen LogP contribution >= 0.6 is 0 Å². The average Bonchev–Trinajstić information content (AvgIpc) is 2.55. The molecule has 1 aliphatic rings. The van der Waals surface area contributed by atoms with Gasteiger partial charge in [0.2, 0.25) is 5.88 Å². The van der Waals surface area contributed by atoms with Crippen molar-refractivity contribution in [3.8, 4) is 5.88 Å². The molecule has 0 N–H and O–H groups in total. The highest BCUT2D eigenvalue weighted by molar-refractivity contribution is 5.94. The van der Waals surface area contributed by atoms with Crippen molar-refractivity contribution in [2.75, 3.05) is 13.1 Å². The van der Waals surface area contributed by atoms with Crippen molar-refractivity contribution in [2.24, 2.45) is 0 Å². The van der Waals surface area contributed by atoms with E-state index < -0.39 is 17.5 Å². The fourth-order valence-corrected chi connectivity index (χ4v) is 2.57. The van der Waals surface area contributed by atoms with Gasteiger partial charge in [-0.2, -0.15) is 0 Å². The number of benzene rings is 1. The third-order valence-electron chi connectivity index (χ3n) is 3.67. The van der Waals surface area contributed by atoms with Gasteiger partial charge in [-0.1, -0.05) is 0 Å². The molecule has 23 heavy (non-hydrogen) atoms. The van der Waals surface area contributed by atoms with Crippen molar-refractivity contribution in [1.82, 2.24) is 14.9 Å². The molecule has 0 spiro atoms. The highest BCUT2D eigenvalue weighted by atomic mass is 19.1. The summed E-state index contributed by atoms with van der Waals surface area (Å²) in [5, 5.41) is 0. The van der Waals surface area contributed by atoms with Crippen LogP contribution in [0.4, 0.5) is 8.78 Å². The number of amides is 1. The molecule has 0 unspecified atom stereocenters. The minimum absolute atomic E-state index is 0.130. The zero-order valence-corrected chi connectivity index (χ0v) is 12.3. The van der Waals surface area contributed by atoms with Crippen LogP contribution in [0.25, 0.3) is 0 Å². The molecular weight excluding hydrogens is 304 g/mol. The Bertz CT molecular complexity index is 697. The van der Waals surface area contributed by atoms with Gasteiger partial charge in [-0.25, -0.2) is 18.7 Å². The normalized spacial score (nSPS) is 17.8. The smallest absolute Gasteiger partial charge is 0.256 e. The van der Waals surface area contributed by atoms with E-state index in [1.807, 2.05) is 0 Å². The molecule has 2 heterocycles. The Kier molecular flexibility index (Phi) is 4.45. The second kappa shape index (κ2) is 6.68. The van der Waals surface area contributed by atoms with Crippen LogP contribution in [0.3, 0.4) is 0 Å². The maximum Gasteiger partial charge on any atom is 0.256 e. The van der Waals surface area contributed by atoms with Gasteiger partial charge in [0.05, 0.1) is 12.1 Å². The monoisotopic (exact) mass is 319 g/mol. The Labute approximate surface area is 131 Å². The van der Waals surface area contributed by atoms with Crippen molar-refractivity contribution in [1.29, 1.82) is 0 Å². The topological polar surface area (TPSA) is 55.3 Å². The van der Waals surface area contributed by atoms with Crippen molar-refractivity contribution >= 4 is 5.91 Å². The number of hydrogen-bond donors (Lipinski definition) is 0. The summed E-state index contributed by atoms with van der Waals surface area (Å²) in [6.07, 6.45) is 4.26. The van der Waals surface area contributed by atoms with Gasteiger partial charge in [0.15, 0.2) is 0 Å². The van der Waals surface area contributed by atoms with Crippen LogP contribution in [0.5, 0.6) is 5.88 Å². The number of ether oxygens (including phenoxy) is 1. The van der Waals surface area contributed by atoms with Crippen LogP contribution in [0.1, 0.15) is 23.2 Å². The first-order chi connectivity index (χ1) is 11.1. The standard InChI is InChI=1S/C16H15F2N3O2/c17-11-3-4-13(14(18)8-11)16(22)21-7-1-2-12(9-21)23-15-5-6-19-10-20-15/h3-6,8,10,12H,1-2,7,9H2/t12-/m1/s1. The molecule has 1 amide bonds. The van der Waals surface area contributed by atoms with E-state index in [0.29, 0.717) is 25.0 Å². The Hall–Kier alpha value is -2.57. The van der Waals surface area contributed by atoms with Gasteiger partial charge < -0.3 is 9.64 Å². The van der Waals surface area contributed by atoms with E-state index in [-0.39, 0.29) is 11.7 Å². The number of carbonyl (C=O) groups is 1. The first kappa shape index (κ1) is 15.3. The number of carbonyl (C=O) groups excluding carboxylic acids is 1. The summed E-state index contributed by atoms with van der Waals surface area (Å²) < 4.78 is 32.4. The first-order valence-electron chi connectivity index (χ1n) is 7.30. The van der Waals surface area contributed by atoms with Crippen molar-refractivity contribution in [3.05, 3.63) is 54.0 Å². The fraction of sp³-hybridized carbons (Fsp3) is 0.312. The predicted molar refractivity (Wildman–Crippen MR) is 77.9 cm³/mol. The molecule has 0 saturated carbocycles. The van der Waals surface area contributed by atoms with E-state index in [1.54, 1.807) is 12.3 Å². The van der Waals surface area contributed by atoms with Gasteiger partial charge in [0.25, 0.3) is 5.91 Å². The predicted octanol–water partition coefficient (Wildman–Crippen LogP) is 2.44. The molecule has 0 bridgehead atoms.